The predicted molar refractivity (Wildman–Crippen MR) is 100 cm³/mol. The summed E-state index contributed by atoms with van der Waals surface area (Å²) in [5.74, 6) is 0.106. The Morgan fingerprint density at radius 2 is 1.89 bits per heavy atom. The molecule has 1 aliphatic heterocycles. The van der Waals surface area contributed by atoms with Crippen LogP contribution in [0.15, 0.2) is 35.5 Å². The summed E-state index contributed by atoms with van der Waals surface area (Å²) in [6.45, 7) is 1.91. The zero-order valence-electron chi connectivity index (χ0n) is 15.4. The number of ether oxygens (including phenoxy) is 3. The van der Waals surface area contributed by atoms with E-state index in [2.05, 4.69) is 15.4 Å². The average molecular weight is 394 g/mol. The normalized spacial score (nSPS) is 16.3. The quantitative estimate of drug-likeness (QED) is 0.648. The second-order valence-corrected chi connectivity index (χ2v) is 6.47. The Kier molecular flexibility index (Phi) is 7.54. The van der Waals surface area contributed by atoms with Crippen molar-refractivity contribution in [2.24, 2.45) is 0 Å². The molecule has 0 fully saturated rings. The second-order valence-electron chi connectivity index (χ2n) is 5.49. The van der Waals surface area contributed by atoms with Crippen LogP contribution in [0.3, 0.4) is 0 Å². The van der Waals surface area contributed by atoms with Crippen LogP contribution in [0.2, 0.25) is 0 Å². The van der Waals surface area contributed by atoms with Gasteiger partial charge in [-0.2, -0.15) is 0 Å². The molecule has 0 radical (unpaired) electrons. The molecule has 0 saturated carbocycles. The van der Waals surface area contributed by atoms with Crippen LogP contribution in [0.25, 0.3) is 0 Å². The van der Waals surface area contributed by atoms with Crippen molar-refractivity contribution >= 4 is 29.7 Å². The van der Waals surface area contributed by atoms with Gasteiger partial charge in [0.25, 0.3) is 0 Å². The molecule has 27 heavy (non-hydrogen) atoms. The van der Waals surface area contributed by atoms with Crippen molar-refractivity contribution in [3.63, 3.8) is 0 Å². The smallest absolute Gasteiger partial charge is 0.338 e. The Morgan fingerprint density at radius 1 is 1.19 bits per heavy atom. The Labute approximate surface area is 161 Å². The van der Waals surface area contributed by atoms with E-state index in [0.29, 0.717) is 22.6 Å². The van der Waals surface area contributed by atoms with E-state index in [9.17, 15) is 14.4 Å². The first kappa shape index (κ1) is 20.6. The highest BCUT2D eigenvalue weighted by Gasteiger charge is 2.33. The van der Waals surface area contributed by atoms with Gasteiger partial charge in [0, 0.05) is 11.4 Å². The Bertz CT molecular complexity index is 732. The standard InChI is InChI=1S/C18H22N2O6S/c1-4-26-17(22)15-13(9-27-10-14(21)25-3)19-18(23)20-16(15)11-5-7-12(24-2)8-6-11/h5-8,16H,4,9-10H2,1-3H3,(H2,19,20,23). The van der Waals surface area contributed by atoms with Crippen LogP contribution in [0.1, 0.15) is 18.5 Å². The maximum absolute atomic E-state index is 12.6. The lowest BCUT2D eigenvalue weighted by Crippen LogP contribution is -2.46. The van der Waals surface area contributed by atoms with E-state index in [1.165, 1.54) is 18.9 Å². The predicted octanol–water partition coefficient (Wildman–Crippen LogP) is 1.77. The third kappa shape index (κ3) is 5.40. The molecule has 146 valence electrons. The number of hydrogen-bond acceptors (Lipinski definition) is 7. The molecule has 1 aromatic carbocycles. The largest absolute Gasteiger partial charge is 0.497 e. The number of amides is 2. The molecule has 1 atom stereocenters. The van der Waals surface area contributed by atoms with Gasteiger partial charge in [0.05, 0.1) is 38.2 Å². The van der Waals surface area contributed by atoms with E-state index < -0.39 is 18.0 Å². The second kappa shape index (κ2) is 9.86. The molecule has 0 spiro atoms. The number of rotatable bonds is 8. The molecule has 0 bridgehead atoms. The van der Waals surface area contributed by atoms with Gasteiger partial charge in [0.1, 0.15) is 5.75 Å². The minimum absolute atomic E-state index is 0.104. The fourth-order valence-corrected chi connectivity index (χ4v) is 3.34. The van der Waals surface area contributed by atoms with Crippen LogP contribution >= 0.6 is 11.8 Å². The molecule has 0 aromatic heterocycles. The third-order valence-corrected chi connectivity index (χ3v) is 4.72. The van der Waals surface area contributed by atoms with Crippen LogP contribution < -0.4 is 15.4 Å². The maximum Gasteiger partial charge on any atom is 0.338 e. The van der Waals surface area contributed by atoms with Crippen molar-refractivity contribution in [2.75, 3.05) is 32.3 Å². The number of urea groups is 1. The number of hydrogen-bond donors (Lipinski definition) is 2. The number of esters is 2. The molecule has 0 saturated heterocycles. The SMILES string of the molecule is CCOC(=O)C1=C(CSCC(=O)OC)NC(=O)NC1c1ccc(OC)cc1. The lowest BCUT2D eigenvalue weighted by Gasteiger charge is -2.29. The average Bonchev–Trinajstić information content (AvgIpc) is 2.67. The fraction of sp³-hybridized carbons (Fsp3) is 0.389. The molecule has 2 rings (SSSR count). The molecule has 1 aliphatic rings. The first-order valence-corrected chi connectivity index (χ1v) is 9.41. The van der Waals surface area contributed by atoms with Crippen LogP contribution in [0, 0.1) is 0 Å². The Hall–Kier alpha value is -2.68. The van der Waals surface area contributed by atoms with Crippen molar-refractivity contribution in [3.05, 3.63) is 41.1 Å². The Morgan fingerprint density at radius 3 is 2.48 bits per heavy atom. The Balaban J connectivity index is 2.35. The van der Waals surface area contributed by atoms with Crippen LogP contribution in [-0.2, 0) is 19.1 Å². The maximum atomic E-state index is 12.6. The summed E-state index contributed by atoms with van der Waals surface area (Å²) >= 11 is 1.23. The van der Waals surface area contributed by atoms with E-state index in [4.69, 9.17) is 9.47 Å². The van der Waals surface area contributed by atoms with Gasteiger partial charge in [-0.3, -0.25) is 4.79 Å². The molecule has 0 aliphatic carbocycles. The highest BCUT2D eigenvalue weighted by atomic mass is 32.2. The summed E-state index contributed by atoms with van der Waals surface area (Å²) in [6, 6.07) is 5.94. The molecule has 1 heterocycles. The van der Waals surface area contributed by atoms with Gasteiger partial charge in [-0.1, -0.05) is 12.1 Å². The molecular formula is C18H22N2O6S. The summed E-state index contributed by atoms with van der Waals surface area (Å²) in [4.78, 5) is 36.0. The summed E-state index contributed by atoms with van der Waals surface area (Å²) in [5.41, 5.74) is 1.43. The minimum atomic E-state index is -0.669. The van der Waals surface area contributed by atoms with Gasteiger partial charge in [-0.15, -0.1) is 11.8 Å². The van der Waals surface area contributed by atoms with Crippen LogP contribution in [0.4, 0.5) is 4.79 Å². The molecular weight excluding hydrogens is 372 g/mol. The summed E-state index contributed by atoms with van der Waals surface area (Å²) in [6.07, 6.45) is 0. The highest BCUT2D eigenvalue weighted by molar-refractivity contribution is 8.00. The van der Waals surface area contributed by atoms with E-state index in [-0.39, 0.29) is 24.1 Å². The van der Waals surface area contributed by atoms with Crippen molar-refractivity contribution in [3.8, 4) is 5.75 Å². The monoisotopic (exact) mass is 394 g/mol. The first-order chi connectivity index (χ1) is 13.0. The number of carbonyl (C=O) groups excluding carboxylic acids is 3. The molecule has 1 aromatic rings. The highest BCUT2D eigenvalue weighted by Crippen LogP contribution is 2.30. The van der Waals surface area contributed by atoms with Crippen molar-refractivity contribution < 1.29 is 28.6 Å². The number of benzene rings is 1. The van der Waals surface area contributed by atoms with Crippen molar-refractivity contribution in [2.45, 2.75) is 13.0 Å². The van der Waals surface area contributed by atoms with Crippen LogP contribution in [-0.4, -0.2) is 50.3 Å². The van der Waals surface area contributed by atoms with Crippen molar-refractivity contribution in [1.82, 2.24) is 10.6 Å². The lowest BCUT2D eigenvalue weighted by molar-refractivity contribution is -0.139. The topological polar surface area (TPSA) is 103 Å². The summed E-state index contributed by atoms with van der Waals surface area (Å²) < 4.78 is 14.9. The number of thioether (sulfide) groups is 1. The lowest BCUT2D eigenvalue weighted by atomic mass is 9.95. The van der Waals surface area contributed by atoms with Gasteiger partial charge in [0.15, 0.2) is 0 Å². The molecule has 2 amide bonds. The van der Waals surface area contributed by atoms with E-state index >= 15 is 0 Å². The van der Waals surface area contributed by atoms with Crippen LogP contribution in [0.5, 0.6) is 5.75 Å². The zero-order valence-corrected chi connectivity index (χ0v) is 16.2. The molecule has 2 N–H and O–H groups in total. The fourth-order valence-electron chi connectivity index (χ4n) is 2.52. The number of carbonyl (C=O) groups is 3. The van der Waals surface area contributed by atoms with Gasteiger partial charge < -0.3 is 24.8 Å². The molecule has 1 unspecified atom stereocenters. The van der Waals surface area contributed by atoms with E-state index in [1.54, 1.807) is 38.3 Å². The van der Waals surface area contributed by atoms with Gasteiger partial charge in [-0.05, 0) is 24.6 Å². The number of methoxy groups -OCH3 is 2. The van der Waals surface area contributed by atoms with E-state index in [0.717, 1.165) is 0 Å². The molecule has 9 heteroatoms. The first-order valence-electron chi connectivity index (χ1n) is 8.26. The minimum Gasteiger partial charge on any atom is -0.497 e. The summed E-state index contributed by atoms with van der Waals surface area (Å²) in [5, 5.41) is 5.40. The van der Waals surface area contributed by atoms with Gasteiger partial charge in [-0.25, -0.2) is 9.59 Å². The third-order valence-electron chi connectivity index (χ3n) is 3.79. The number of nitrogens with one attached hydrogen (secondary N) is 2. The van der Waals surface area contributed by atoms with Gasteiger partial charge >= 0.3 is 18.0 Å². The van der Waals surface area contributed by atoms with Gasteiger partial charge in [0.2, 0.25) is 0 Å². The molecule has 8 nitrogen and oxygen atoms in total. The summed E-state index contributed by atoms with van der Waals surface area (Å²) in [7, 11) is 2.86. The zero-order chi connectivity index (χ0) is 19.8. The van der Waals surface area contributed by atoms with Crippen molar-refractivity contribution in [1.29, 1.82) is 0 Å². The van der Waals surface area contributed by atoms with E-state index in [1.807, 2.05) is 0 Å².